The minimum atomic E-state index is -1.32. The lowest BCUT2D eigenvalue weighted by Crippen LogP contribution is -2.48. The highest BCUT2D eigenvalue weighted by molar-refractivity contribution is 8.26. The van der Waals surface area contributed by atoms with Gasteiger partial charge in [-0.2, -0.15) is 0 Å². The highest BCUT2D eigenvalue weighted by atomic mass is 32.2. The second-order valence-electron chi connectivity index (χ2n) is 3.96. The minimum absolute atomic E-state index is 0.240. The molecule has 0 unspecified atom stereocenters. The van der Waals surface area contributed by atoms with Crippen LogP contribution in [0, 0.1) is 0 Å². The number of rotatable bonds is 3. The molecule has 1 amide bonds. The molecule has 2 rings (SSSR count). The maximum atomic E-state index is 12.1. The highest BCUT2D eigenvalue weighted by Crippen LogP contribution is 2.33. The molecule has 98 valence electrons. The Bertz CT molecular complexity index is 569. The fourth-order valence-electron chi connectivity index (χ4n) is 1.62. The predicted molar refractivity (Wildman–Crippen MR) is 75.9 cm³/mol. The molecule has 0 bridgehead atoms. The molecule has 1 atom stereocenters. The lowest BCUT2D eigenvalue weighted by Gasteiger charge is -2.23. The second kappa shape index (κ2) is 5.54. The number of aliphatic carboxylic acids is 1. The summed E-state index contributed by atoms with van der Waals surface area (Å²) in [5.74, 6) is -1.71. The van der Waals surface area contributed by atoms with Gasteiger partial charge in [-0.05, 0) is 18.6 Å². The Morgan fingerprint density at radius 1 is 1.42 bits per heavy atom. The van der Waals surface area contributed by atoms with E-state index in [1.54, 1.807) is 6.08 Å². The molecule has 1 saturated heterocycles. The Kier molecular flexibility index (Phi) is 4.01. The first-order valence-corrected chi connectivity index (χ1v) is 6.76. The molecule has 1 aromatic carbocycles. The van der Waals surface area contributed by atoms with Crippen molar-refractivity contribution in [3.8, 4) is 0 Å². The average molecular weight is 292 g/mol. The van der Waals surface area contributed by atoms with Crippen molar-refractivity contribution in [2.45, 2.75) is 13.0 Å². The second-order valence-corrected chi connectivity index (χ2v) is 5.63. The molecule has 1 heterocycles. The predicted octanol–water partition coefficient (Wildman–Crippen LogP) is 1.03. The Morgan fingerprint density at radius 3 is 2.63 bits per heavy atom. The molecule has 0 aromatic heterocycles. The largest absolute Gasteiger partial charge is 0.548 e. The van der Waals surface area contributed by atoms with Gasteiger partial charge in [0.25, 0.3) is 5.91 Å². The Hall–Kier alpha value is -1.66. The molecule has 0 saturated carbocycles. The van der Waals surface area contributed by atoms with Gasteiger partial charge in [-0.3, -0.25) is 9.69 Å². The summed E-state index contributed by atoms with van der Waals surface area (Å²) in [6.07, 6.45) is 1.70. The molecule has 0 spiro atoms. The molecule has 1 aliphatic rings. The first-order chi connectivity index (χ1) is 9.00. The van der Waals surface area contributed by atoms with Crippen LogP contribution in [0.2, 0.25) is 0 Å². The van der Waals surface area contributed by atoms with E-state index < -0.39 is 17.9 Å². The number of nitrogens with zero attached hydrogens (tertiary/aromatic N) is 1. The number of carboxylic acid groups (broad SMARTS) is 1. The summed E-state index contributed by atoms with van der Waals surface area (Å²) in [5, 5.41) is 10.8. The van der Waals surface area contributed by atoms with Gasteiger partial charge >= 0.3 is 0 Å². The van der Waals surface area contributed by atoms with E-state index in [2.05, 4.69) is 0 Å². The van der Waals surface area contributed by atoms with E-state index in [-0.39, 0.29) is 4.32 Å². The van der Waals surface area contributed by atoms with Crippen LogP contribution in [-0.4, -0.2) is 27.1 Å². The highest BCUT2D eigenvalue weighted by Gasteiger charge is 2.35. The lowest BCUT2D eigenvalue weighted by atomic mass is 10.2. The minimum Gasteiger partial charge on any atom is -0.548 e. The fourth-order valence-corrected chi connectivity index (χ4v) is 3.04. The fraction of sp³-hybridized carbons (Fsp3) is 0.154. The zero-order chi connectivity index (χ0) is 14.0. The van der Waals surface area contributed by atoms with Gasteiger partial charge < -0.3 is 9.90 Å². The van der Waals surface area contributed by atoms with Gasteiger partial charge in [0.15, 0.2) is 0 Å². The SMILES string of the molecule is C[C@H](C(=O)[O-])N1C(=O)/C(=C/c2ccccc2)SC1=S. The third kappa shape index (κ3) is 2.85. The first-order valence-electron chi connectivity index (χ1n) is 5.53. The third-order valence-corrected chi connectivity index (χ3v) is 3.98. The van der Waals surface area contributed by atoms with Crippen molar-refractivity contribution >= 4 is 46.3 Å². The summed E-state index contributed by atoms with van der Waals surface area (Å²) >= 11 is 6.14. The molecule has 1 aromatic rings. The third-order valence-electron chi connectivity index (χ3n) is 2.65. The summed E-state index contributed by atoms with van der Waals surface area (Å²) in [7, 11) is 0. The number of carboxylic acids is 1. The zero-order valence-corrected chi connectivity index (χ0v) is 11.7. The average Bonchev–Trinajstić information content (AvgIpc) is 2.65. The van der Waals surface area contributed by atoms with Gasteiger partial charge in [-0.1, -0.05) is 54.3 Å². The Balaban J connectivity index is 2.28. The van der Waals surface area contributed by atoms with Crippen LogP contribution in [0.3, 0.4) is 0 Å². The normalized spacial score (nSPS) is 19.0. The maximum absolute atomic E-state index is 12.1. The van der Waals surface area contributed by atoms with Gasteiger partial charge in [-0.15, -0.1) is 0 Å². The first kappa shape index (κ1) is 13.8. The standard InChI is InChI=1S/C13H11NO3S2/c1-8(12(16)17)14-11(15)10(19-13(14)18)7-9-5-3-2-4-6-9/h2-8H,1H3,(H,16,17)/p-1/b10-7-/t8-/m1/s1. The van der Waals surface area contributed by atoms with E-state index in [9.17, 15) is 14.7 Å². The maximum Gasteiger partial charge on any atom is 0.266 e. The van der Waals surface area contributed by atoms with Crippen LogP contribution in [0.15, 0.2) is 35.2 Å². The van der Waals surface area contributed by atoms with Crippen LogP contribution in [0.4, 0.5) is 0 Å². The molecule has 1 fully saturated rings. The van der Waals surface area contributed by atoms with E-state index in [0.717, 1.165) is 22.2 Å². The van der Waals surface area contributed by atoms with E-state index in [1.165, 1.54) is 6.92 Å². The van der Waals surface area contributed by atoms with Gasteiger partial charge in [0.2, 0.25) is 0 Å². The number of carbonyl (C=O) groups excluding carboxylic acids is 2. The Labute approximate surface area is 120 Å². The molecular weight excluding hydrogens is 282 g/mol. The van der Waals surface area contributed by atoms with Crippen LogP contribution in [-0.2, 0) is 9.59 Å². The number of thiocarbonyl (C=S) groups is 1. The monoisotopic (exact) mass is 292 g/mol. The summed E-state index contributed by atoms with van der Waals surface area (Å²) in [5.41, 5.74) is 0.865. The van der Waals surface area contributed by atoms with Crippen LogP contribution in [0.5, 0.6) is 0 Å². The molecule has 4 nitrogen and oxygen atoms in total. The summed E-state index contributed by atoms with van der Waals surface area (Å²) in [4.78, 5) is 24.5. The van der Waals surface area contributed by atoms with Gasteiger partial charge in [0, 0.05) is 0 Å². The summed E-state index contributed by atoms with van der Waals surface area (Å²) in [6, 6.07) is 8.24. The van der Waals surface area contributed by atoms with Crippen molar-refractivity contribution in [1.29, 1.82) is 0 Å². The van der Waals surface area contributed by atoms with Crippen molar-refractivity contribution in [2.24, 2.45) is 0 Å². The summed E-state index contributed by atoms with van der Waals surface area (Å²) < 4.78 is 0.240. The smallest absolute Gasteiger partial charge is 0.266 e. The topological polar surface area (TPSA) is 60.4 Å². The van der Waals surface area contributed by atoms with Crippen molar-refractivity contribution in [3.05, 3.63) is 40.8 Å². The molecule has 6 heteroatoms. The zero-order valence-electron chi connectivity index (χ0n) is 10.0. The van der Waals surface area contributed by atoms with E-state index in [1.807, 2.05) is 30.3 Å². The Morgan fingerprint density at radius 2 is 2.05 bits per heavy atom. The van der Waals surface area contributed by atoms with Crippen LogP contribution in [0.25, 0.3) is 6.08 Å². The van der Waals surface area contributed by atoms with Crippen molar-refractivity contribution in [3.63, 3.8) is 0 Å². The van der Waals surface area contributed by atoms with Crippen molar-refractivity contribution in [1.82, 2.24) is 4.90 Å². The molecule has 1 aliphatic heterocycles. The number of hydrogen-bond donors (Lipinski definition) is 0. The van der Waals surface area contributed by atoms with Crippen LogP contribution >= 0.6 is 24.0 Å². The van der Waals surface area contributed by atoms with Crippen LogP contribution in [0.1, 0.15) is 12.5 Å². The molecule has 0 aliphatic carbocycles. The van der Waals surface area contributed by atoms with E-state index in [0.29, 0.717) is 4.91 Å². The van der Waals surface area contributed by atoms with E-state index >= 15 is 0 Å². The van der Waals surface area contributed by atoms with Crippen molar-refractivity contribution in [2.75, 3.05) is 0 Å². The van der Waals surface area contributed by atoms with E-state index in [4.69, 9.17) is 12.2 Å². The molecule has 19 heavy (non-hydrogen) atoms. The van der Waals surface area contributed by atoms with Gasteiger partial charge in [0.1, 0.15) is 4.32 Å². The number of amides is 1. The number of carbonyl (C=O) groups is 2. The molecule has 0 radical (unpaired) electrons. The lowest BCUT2D eigenvalue weighted by molar-refractivity contribution is -0.309. The number of hydrogen-bond acceptors (Lipinski definition) is 5. The van der Waals surface area contributed by atoms with Crippen molar-refractivity contribution < 1.29 is 14.7 Å². The number of thioether (sulfide) groups is 1. The quantitative estimate of drug-likeness (QED) is 0.615. The summed E-state index contributed by atoms with van der Waals surface area (Å²) in [6.45, 7) is 1.38. The van der Waals surface area contributed by atoms with Gasteiger partial charge in [-0.25, -0.2) is 0 Å². The van der Waals surface area contributed by atoms with Gasteiger partial charge in [0.05, 0.1) is 16.9 Å². The molecular formula is C13H10NO3S2-. The number of benzene rings is 1. The molecule has 0 N–H and O–H groups in total. The van der Waals surface area contributed by atoms with Crippen LogP contribution < -0.4 is 5.11 Å².